The van der Waals surface area contributed by atoms with Crippen LogP contribution in [0.2, 0.25) is 19.6 Å². The van der Waals surface area contributed by atoms with Crippen LogP contribution in [0.4, 0.5) is 0 Å². The second-order valence-electron chi connectivity index (χ2n) is 16.5. The molecule has 3 heterocycles. The van der Waals surface area contributed by atoms with E-state index in [1.165, 1.54) is 66.3 Å². The zero-order chi connectivity index (χ0) is 38.6. The monoisotopic (exact) mass is 939 g/mol. The van der Waals surface area contributed by atoms with Crippen LogP contribution in [0.3, 0.4) is 0 Å². The van der Waals surface area contributed by atoms with E-state index in [2.05, 4.69) is 143 Å². The molecule has 0 bridgehead atoms. The minimum Gasteiger partial charge on any atom is -0.476 e. The number of aromatic nitrogens is 2. The van der Waals surface area contributed by atoms with Crippen molar-refractivity contribution in [2.24, 2.45) is 5.92 Å². The number of hydrogen-bond donors (Lipinski definition) is 0. The quantitative estimate of drug-likeness (QED) is 0.118. The van der Waals surface area contributed by atoms with Gasteiger partial charge >= 0.3 is 0 Å². The van der Waals surface area contributed by atoms with Crippen molar-refractivity contribution < 1.29 is 24.5 Å². The number of hydrogen-bond acceptors (Lipinski definition) is 3. The molecule has 1 fully saturated rings. The maximum absolute atomic E-state index is 6.26. The van der Waals surface area contributed by atoms with Gasteiger partial charge in [-0.2, -0.15) is 0 Å². The molecule has 57 heavy (non-hydrogen) atoms. The number of fused-ring (bicyclic) bond motifs is 3. The molecule has 289 valence electrons. The van der Waals surface area contributed by atoms with Gasteiger partial charge in [0.25, 0.3) is 0 Å². The molecule has 0 saturated heterocycles. The minimum atomic E-state index is -1.36. The Hall–Kier alpha value is -4.93. The molecule has 9 rings (SSSR count). The Bertz CT molecular complexity index is 2590. The molecule has 1 radical (unpaired) electrons. The van der Waals surface area contributed by atoms with E-state index in [4.69, 9.17) is 14.4 Å². The van der Waals surface area contributed by atoms with Crippen LogP contribution in [0.25, 0.3) is 66.7 Å². The molecule has 0 N–H and O–H groups in total. The van der Waals surface area contributed by atoms with Crippen LogP contribution in [0.1, 0.15) is 48.8 Å². The van der Waals surface area contributed by atoms with E-state index in [9.17, 15) is 0 Å². The number of aryl methyl sites for hydroxylation is 2. The normalized spacial score (nSPS) is 13.2. The molecule has 5 heteroatoms. The summed E-state index contributed by atoms with van der Waals surface area (Å²) < 4.78 is 6.26. The van der Waals surface area contributed by atoms with Gasteiger partial charge in [0.15, 0.2) is 0 Å². The van der Waals surface area contributed by atoms with Gasteiger partial charge in [-0.1, -0.05) is 148 Å². The molecule has 8 aromatic rings. The summed E-state index contributed by atoms with van der Waals surface area (Å²) in [5, 5.41) is 3.73. The summed E-state index contributed by atoms with van der Waals surface area (Å²) in [4.78, 5) is 9.51. The van der Waals surface area contributed by atoms with Gasteiger partial charge in [0, 0.05) is 38.1 Å². The second-order valence-corrected chi connectivity index (χ2v) is 21.5. The molecule has 1 aliphatic rings. The van der Waals surface area contributed by atoms with Gasteiger partial charge in [0.2, 0.25) is 0 Å². The summed E-state index contributed by atoms with van der Waals surface area (Å²) in [6.07, 6.45) is 12.4. The zero-order valence-electron chi connectivity index (χ0n) is 33.7. The van der Waals surface area contributed by atoms with Crippen LogP contribution in [0.15, 0.2) is 138 Å². The number of furan rings is 1. The SMILES string of the molecule is C[Si](C)(C)c1cnc(-c2[c-]cccc2)cc1CC1CCCCC1.Cc1cc(-c2[c-]cc3c(c2)oc2cc(C)c(-c4ccccc4)cc23)ncc1-c1ccccc1.[Ir]. The van der Waals surface area contributed by atoms with Crippen molar-refractivity contribution >= 4 is 35.2 Å². The predicted octanol–water partition coefficient (Wildman–Crippen LogP) is 13.6. The smallest absolute Gasteiger partial charge is 0.124 e. The second kappa shape index (κ2) is 17.7. The first-order valence-electron chi connectivity index (χ1n) is 20.1. The van der Waals surface area contributed by atoms with Gasteiger partial charge in [-0.3, -0.25) is 0 Å². The Morgan fingerprint density at radius 1 is 0.632 bits per heavy atom. The van der Waals surface area contributed by atoms with Crippen LogP contribution in [-0.2, 0) is 26.5 Å². The third-order valence-electron chi connectivity index (χ3n) is 11.3. The number of nitrogens with zero attached hydrogens (tertiary/aromatic N) is 2. The first-order chi connectivity index (χ1) is 27.2. The molecule has 0 unspecified atom stereocenters. The molecule has 3 aromatic heterocycles. The van der Waals surface area contributed by atoms with Gasteiger partial charge in [-0.15, -0.1) is 53.6 Å². The van der Waals surface area contributed by atoms with Crippen LogP contribution >= 0.6 is 0 Å². The van der Waals surface area contributed by atoms with Crippen LogP contribution in [0.5, 0.6) is 0 Å². The van der Waals surface area contributed by atoms with Crippen molar-refractivity contribution in [1.82, 2.24) is 9.97 Å². The third kappa shape index (κ3) is 9.13. The molecule has 0 aliphatic heterocycles. The fourth-order valence-electron chi connectivity index (χ4n) is 8.30. The zero-order valence-corrected chi connectivity index (χ0v) is 37.1. The van der Waals surface area contributed by atoms with E-state index in [1.807, 2.05) is 36.5 Å². The summed E-state index contributed by atoms with van der Waals surface area (Å²) >= 11 is 0. The maximum Gasteiger partial charge on any atom is 0.124 e. The van der Waals surface area contributed by atoms with Gasteiger partial charge < -0.3 is 14.4 Å². The van der Waals surface area contributed by atoms with Crippen LogP contribution in [0, 0.1) is 31.9 Å². The van der Waals surface area contributed by atoms with Gasteiger partial charge in [0.05, 0.1) is 13.7 Å². The number of benzene rings is 5. The van der Waals surface area contributed by atoms with E-state index in [1.54, 1.807) is 10.8 Å². The molecule has 1 aliphatic carbocycles. The summed E-state index contributed by atoms with van der Waals surface area (Å²) in [5.74, 6) is 0.869. The number of pyridine rings is 2. The van der Waals surface area contributed by atoms with Crippen molar-refractivity contribution in [3.05, 3.63) is 163 Å². The van der Waals surface area contributed by atoms with Gasteiger partial charge in [-0.25, -0.2) is 0 Å². The molecular formula is C52H50IrN2OSi-2. The minimum absolute atomic E-state index is 0. The van der Waals surface area contributed by atoms with E-state index >= 15 is 0 Å². The third-order valence-corrected chi connectivity index (χ3v) is 13.4. The first kappa shape index (κ1) is 40.3. The topological polar surface area (TPSA) is 38.9 Å². The fourth-order valence-corrected chi connectivity index (χ4v) is 9.89. The standard InChI is InChI=1S/C31H22NO.C21H28NSi.Ir/c1-20-15-29(32-19-28(20)23-11-7-4-8-12-23)24-13-14-25-27-18-26(22-9-5-3-6-10-22)21(2)16-30(27)33-31(25)17-24;1-23(2,3)21-16-22-20(18-12-8-5-9-13-18)15-19(21)14-17-10-6-4-7-11-17;/h3-12,14-19H,1-2H3;5,8-9,12,15-17H,4,6-7,10-11,14H2,1-3H3;/q2*-1;. The fraction of sp³-hybridized carbons (Fsp3) is 0.231. The largest absolute Gasteiger partial charge is 0.476 e. The first-order valence-corrected chi connectivity index (χ1v) is 23.6. The number of rotatable bonds is 7. The molecular weight excluding hydrogens is 889 g/mol. The average Bonchev–Trinajstić information content (AvgIpc) is 3.58. The summed E-state index contributed by atoms with van der Waals surface area (Å²) in [7, 11) is -1.36. The van der Waals surface area contributed by atoms with E-state index < -0.39 is 8.07 Å². The Kier molecular flexibility index (Phi) is 12.5. The predicted molar refractivity (Wildman–Crippen MR) is 238 cm³/mol. The maximum atomic E-state index is 6.26. The van der Waals surface area contributed by atoms with Crippen molar-refractivity contribution in [3.63, 3.8) is 0 Å². The molecule has 0 spiro atoms. The van der Waals surface area contributed by atoms with E-state index in [-0.39, 0.29) is 20.1 Å². The Balaban J connectivity index is 0.000000183. The molecule has 3 nitrogen and oxygen atoms in total. The van der Waals surface area contributed by atoms with Crippen molar-refractivity contribution in [2.45, 2.75) is 72.0 Å². The Labute approximate surface area is 353 Å². The summed E-state index contributed by atoms with van der Waals surface area (Å²) in [5.41, 5.74) is 14.5. The summed E-state index contributed by atoms with van der Waals surface area (Å²) in [6, 6.07) is 48.7. The average molecular weight is 939 g/mol. The Morgan fingerprint density at radius 3 is 1.93 bits per heavy atom. The van der Waals surface area contributed by atoms with Gasteiger partial charge in [0.1, 0.15) is 5.58 Å². The van der Waals surface area contributed by atoms with Crippen molar-refractivity contribution in [2.75, 3.05) is 0 Å². The summed E-state index contributed by atoms with van der Waals surface area (Å²) in [6.45, 7) is 11.6. The van der Waals surface area contributed by atoms with Crippen LogP contribution in [-0.4, -0.2) is 18.0 Å². The van der Waals surface area contributed by atoms with Crippen molar-refractivity contribution in [3.8, 4) is 44.8 Å². The molecule has 0 amide bonds. The van der Waals surface area contributed by atoms with Gasteiger partial charge in [-0.05, 0) is 82.0 Å². The van der Waals surface area contributed by atoms with Crippen molar-refractivity contribution in [1.29, 1.82) is 0 Å². The molecule has 0 atom stereocenters. The Morgan fingerprint density at radius 2 is 1.26 bits per heavy atom. The van der Waals surface area contributed by atoms with E-state index in [0.29, 0.717) is 0 Å². The van der Waals surface area contributed by atoms with E-state index in [0.717, 1.165) is 55.9 Å². The molecule has 1 saturated carbocycles. The van der Waals surface area contributed by atoms with Crippen LogP contribution < -0.4 is 5.19 Å². The molecule has 5 aromatic carbocycles.